The van der Waals surface area contributed by atoms with Gasteiger partial charge in [0.05, 0.1) is 16.5 Å². The molecule has 0 radical (unpaired) electrons. The first-order valence-electron chi connectivity index (χ1n) is 8.76. The van der Waals surface area contributed by atoms with Crippen molar-refractivity contribution in [3.63, 3.8) is 0 Å². The second-order valence-corrected chi connectivity index (χ2v) is 7.90. The highest BCUT2D eigenvalue weighted by molar-refractivity contribution is 8.00. The van der Waals surface area contributed by atoms with E-state index in [1.165, 1.54) is 11.8 Å². The summed E-state index contributed by atoms with van der Waals surface area (Å²) >= 11 is 7.55. The van der Waals surface area contributed by atoms with Crippen molar-refractivity contribution in [1.29, 1.82) is 0 Å². The number of anilines is 1. The smallest absolute Gasteiger partial charge is 0.316 e. The summed E-state index contributed by atoms with van der Waals surface area (Å²) in [4.78, 5) is 25.0. The first-order valence-corrected chi connectivity index (χ1v) is 10.1. The number of hydrogen-bond acceptors (Lipinski definition) is 4. The van der Waals surface area contributed by atoms with Gasteiger partial charge in [0.25, 0.3) is 5.91 Å². The fourth-order valence-corrected chi connectivity index (χ4v) is 3.95. The maximum Gasteiger partial charge on any atom is 0.316 e. The number of ether oxygens (including phenoxy) is 1. The van der Waals surface area contributed by atoms with Crippen LogP contribution in [0.4, 0.5) is 5.69 Å². The van der Waals surface area contributed by atoms with Crippen molar-refractivity contribution in [2.24, 2.45) is 0 Å². The van der Waals surface area contributed by atoms with Crippen LogP contribution in [-0.4, -0.2) is 24.2 Å². The van der Waals surface area contributed by atoms with Crippen molar-refractivity contribution in [2.45, 2.75) is 18.7 Å². The molecule has 0 unspecified atom stereocenters. The van der Waals surface area contributed by atoms with Crippen LogP contribution in [0, 0.1) is 13.8 Å². The Balaban J connectivity index is 1.49. The lowest BCUT2D eigenvalue weighted by Gasteiger charge is -2.12. The number of thioether (sulfide) groups is 1. The molecule has 0 heterocycles. The van der Waals surface area contributed by atoms with Crippen LogP contribution in [0.5, 0.6) is 0 Å². The summed E-state index contributed by atoms with van der Waals surface area (Å²) in [6.45, 7) is 3.45. The highest BCUT2D eigenvalue weighted by atomic mass is 35.5. The predicted octanol–water partition coefficient (Wildman–Crippen LogP) is 5.38. The zero-order valence-electron chi connectivity index (χ0n) is 15.6. The van der Waals surface area contributed by atoms with Crippen LogP contribution < -0.4 is 5.32 Å². The molecule has 0 saturated heterocycles. The van der Waals surface area contributed by atoms with Crippen molar-refractivity contribution >= 4 is 51.7 Å². The zero-order valence-corrected chi connectivity index (χ0v) is 17.2. The lowest BCUT2D eigenvalue weighted by atomic mass is 10.1. The van der Waals surface area contributed by atoms with Gasteiger partial charge in [-0.1, -0.05) is 48.0 Å². The summed E-state index contributed by atoms with van der Waals surface area (Å²) < 4.78 is 5.07. The summed E-state index contributed by atoms with van der Waals surface area (Å²) in [5, 5.41) is 5.43. The second kappa shape index (κ2) is 9.13. The van der Waals surface area contributed by atoms with Crippen molar-refractivity contribution in [3.8, 4) is 0 Å². The number of hydrogen-bond donors (Lipinski definition) is 1. The molecule has 0 aliphatic rings. The standard InChI is InChI=1S/C22H20ClNO3S/c1-14-9-15(2)22(19(23)10-14)24-20(25)12-27-21(26)13-28-18-8-7-16-5-3-4-6-17(16)11-18/h3-11H,12-13H2,1-2H3,(H,24,25). The molecule has 1 N–H and O–H groups in total. The summed E-state index contributed by atoms with van der Waals surface area (Å²) in [5.74, 6) is -0.728. The number of nitrogens with one attached hydrogen (secondary N) is 1. The van der Waals surface area contributed by atoms with Crippen LogP contribution in [0.3, 0.4) is 0 Å². The summed E-state index contributed by atoms with van der Waals surface area (Å²) in [6.07, 6.45) is 0. The molecule has 0 atom stereocenters. The molecule has 3 aromatic rings. The van der Waals surface area contributed by atoms with Crippen LogP contribution in [0.1, 0.15) is 11.1 Å². The number of amides is 1. The number of aryl methyl sites for hydroxylation is 2. The number of carbonyl (C=O) groups is 2. The van der Waals surface area contributed by atoms with E-state index in [2.05, 4.69) is 5.32 Å². The molecule has 0 bridgehead atoms. The fraction of sp³-hybridized carbons (Fsp3) is 0.182. The maximum absolute atomic E-state index is 12.1. The Morgan fingerprint density at radius 3 is 2.54 bits per heavy atom. The van der Waals surface area contributed by atoms with Crippen LogP contribution in [0.15, 0.2) is 59.5 Å². The average molecular weight is 414 g/mol. The van der Waals surface area contributed by atoms with E-state index in [9.17, 15) is 9.59 Å². The number of fused-ring (bicyclic) bond motifs is 1. The third-order valence-electron chi connectivity index (χ3n) is 4.14. The highest BCUT2D eigenvalue weighted by Gasteiger charge is 2.12. The lowest BCUT2D eigenvalue weighted by Crippen LogP contribution is -2.22. The molecule has 0 aliphatic carbocycles. The molecule has 0 aromatic heterocycles. The van der Waals surface area contributed by atoms with Gasteiger partial charge in [0.15, 0.2) is 6.61 Å². The Hall–Kier alpha value is -2.50. The van der Waals surface area contributed by atoms with Crippen LogP contribution in [0.2, 0.25) is 5.02 Å². The minimum atomic E-state index is -0.444. The third-order valence-corrected chi connectivity index (χ3v) is 5.40. The molecule has 0 saturated carbocycles. The quantitative estimate of drug-likeness (QED) is 0.435. The summed E-state index contributed by atoms with van der Waals surface area (Å²) in [6, 6.07) is 17.7. The Morgan fingerprint density at radius 1 is 1.04 bits per heavy atom. The van der Waals surface area contributed by atoms with Gasteiger partial charge in [-0.15, -0.1) is 11.8 Å². The van der Waals surface area contributed by atoms with Crippen LogP contribution in [-0.2, 0) is 14.3 Å². The normalized spacial score (nSPS) is 10.7. The van der Waals surface area contributed by atoms with E-state index < -0.39 is 11.9 Å². The van der Waals surface area contributed by atoms with Gasteiger partial charge in [0, 0.05) is 4.90 Å². The van der Waals surface area contributed by atoms with Gasteiger partial charge in [-0.3, -0.25) is 9.59 Å². The van der Waals surface area contributed by atoms with Crippen molar-refractivity contribution in [1.82, 2.24) is 0 Å². The molecule has 144 valence electrons. The molecular formula is C22H20ClNO3S. The summed E-state index contributed by atoms with van der Waals surface area (Å²) in [5.41, 5.74) is 2.41. The van der Waals surface area contributed by atoms with Crippen LogP contribution in [0.25, 0.3) is 10.8 Å². The molecular weight excluding hydrogens is 394 g/mol. The number of rotatable bonds is 6. The topological polar surface area (TPSA) is 55.4 Å². The van der Waals surface area contributed by atoms with E-state index in [-0.39, 0.29) is 12.4 Å². The van der Waals surface area contributed by atoms with Gasteiger partial charge < -0.3 is 10.1 Å². The van der Waals surface area contributed by atoms with E-state index in [0.29, 0.717) is 10.7 Å². The molecule has 28 heavy (non-hydrogen) atoms. The lowest BCUT2D eigenvalue weighted by molar-refractivity contribution is -0.144. The van der Waals surface area contributed by atoms with Crippen molar-refractivity contribution < 1.29 is 14.3 Å². The zero-order chi connectivity index (χ0) is 20.1. The third kappa shape index (κ3) is 5.27. The minimum Gasteiger partial charge on any atom is -0.455 e. The molecule has 0 aliphatic heterocycles. The molecule has 1 amide bonds. The monoisotopic (exact) mass is 413 g/mol. The Bertz CT molecular complexity index is 1010. The SMILES string of the molecule is Cc1cc(C)c(NC(=O)COC(=O)CSc2ccc3ccccc3c2)c(Cl)c1. The van der Waals surface area contributed by atoms with Gasteiger partial charge in [-0.05, 0) is 53.9 Å². The predicted molar refractivity (Wildman–Crippen MR) is 115 cm³/mol. The number of carbonyl (C=O) groups excluding carboxylic acids is 2. The van der Waals surface area contributed by atoms with E-state index in [0.717, 1.165) is 26.8 Å². The van der Waals surface area contributed by atoms with Gasteiger partial charge >= 0.3 is 5.97 Å². The highest BCUT2D eigenvalue weighted by Crippen LogP contribution is 2.27. The fourth-order valence-electron chi connectivity index (χ4n) is 2.84. The number of benzene rings is 3. The maximum atomic E-state index is 12.1. The Labute approximate surface area is 173 Å². The van der Waals surface area contributed by atoms with Gasteiger partial charge in [0.2, 0.25) is 0 Å². The minimum absolute atomic E-state index is 0.135. The molecule has 0 fully saturated rings. The Kier molecular flexibility index (Phi) is 6.60. The number of esters is 1. The van der Waals surface area contributed by atoms with Gasteiger partial charge in [0.1, 0.15) is 0 Å². The van der Waals surface area contributed by atoms with Crippen molar-refractivity contribution in [3.05, 3.63) is 70.7 Å². The van der Waals surface area contributed by atoms with Crippen LogP contribution >= 0.6 is 23.4 Å². The van der Waals surface area contributed by atoms with E-state index in [1.54, 1.807) is 6.07 Å². The molecule has 4 nitrogen and oxygen atoms in total. The first kappa shape index (κ1) is 20.2. The van der Waals surface area contributed by atoms with E-state index in [4.69, 9.17) is 16.3 Å². The molecule has 0 spiro atoms. The number of halogens is 1. The van der Waals surface area contributed by atoms with E-state index >= 15 is 0 Å². The van der Waals surface area contributed by atoms with Gasteiger partial charge in [-0.2, -0.15) is 0 Å². The molecule has 3 aromatic carbocycles. The van der Waals surface area contributed by atoms with Gasteiger partial charge in [-0.25, -0.2) is 0 Å². The average Bonchev–Trinajstić information content (AvgIpc) is 2.67. The Morgan fingerprint density at radius 2 is 1.79 bits per heavy atom. The van der Waals surface area contributed by atoms with E-state index in [1.807, 2.05) is 62.4 Å². The second-order valence-electron chi connectivity index (χ2n) is 6.45. The largest absolute Gasteiger partial charge is 0.455 e. The first-order chi connectivity index (χ1) is 13.4. The summed E-state index contributed by atoms with van der Waals surface area (Å²) in [7, 11) is 0. The molecule has 6 heteroatoms. The molecule has 3 rings (SSSR count). The van der Waals surface area contributed by atoms with Crippen molar-refractivity contribution in [2.75, 3.05) is 17.7 Å².